The normalized spacial score (nSPS) is 23.1. The van der Waals surface area contributed by atoms with Gasteiger partial charge in [-0.05, 0) is 55.1 Å². The molecule has 2 aromatic rings. The van der Waals surface area contributed by atoms with Crippen LogP contribution in [-0.4, -0.2) is 68.9 Å². The van der Waals surface area contributed by atoms with Crippen molar-refractivity contribution in [3.05, 3.63) is 23.9 Å². The fraction of sp³-hybridized carbons (Fsp3) is 0.667. The molecule has 15 heteroatoms. The van der Waals surface area contributed by atoms with Gasteiger partial charge in [0, 0.05) is 18.4 Å². The summed E-state index contributed by atoms with van der Waals surface area (Å²) in [5, 5.41) is 11.6. The third-order valence-electron chi connectivity index (χ3n) is 9.33. The van der Waals surface area contributed by atoms with Gasteiger partial charge in [-0.2, -0.15) is 8.78 Å². The van der Waals surface area contributed by atoms with Crippen LogP contribution in [0.2, 0.25) is 0 Å². The molecule has 2 fully saturated rings. The number of carbonyl (C=O) groups excluding carboxylic acids is 2. The second-order valence-corrected chi connectivity index (χ2v) is 14.7. The van der Waals surface area contributed by atoms with Gasteiger partial charge in [0.25, 0.3) is 5.92 Å². The summed E-state index contributed by atoms with van der Waals surface area (Å²) in [5.74, 6) is -6.26. The minimum absolute atomic E-state index is 0.114. The highest BCUT2D eigenvalue weighted by molar-refractivity contribution is 5.92. The number of benzene rings is 1. The quantitative estimate of drug-likeness (QED) is 0.179. The summed E-state index contributed by atoms with van der Waals surface area (Å²) in [6, 6.07) is 0.602. The number of hydrogen-bond donors (Lipinski definition) is 2. The monoisotopic (exact) mass is 686 g/mol. The van der Waals surface area contributed by atoms with Crippen LogP contribution in [0.3, 0.4) is 0 Å². The van der Waals surface area contributed by atoms with Crippen LogP contribution in [0.25, 0.3) is 11.0 Å². The number of Topliss-reactive ketones (excluding diaryl/α,β-unsaturated/α-hetero) is 1. The molecule has 1 saturated carbocycles. The molecule has 1 saturated heterocycles. The summed E-state index contributed by atoms with van der Waals surface area (Å²) in [6.07, 6.45) is -5.54. The number of amides is 2. The predicted molar refractivity (Wildman–Crippen MR) is 165 cm³/mol. The van der Waals surface area contributed by atoms with E-state index in [-0.39, 0.29) is 29.4 Å². The molecular weight excluding hydrogens is 643 g/mol. The zero-order valence-electron chi connectivity index (χ0n) is 28.1. The first-order chi connectivity index (χ1) is 22.0. The van der Waals surface area contributed by atoms with Gasteiger partial charge in [-0.15, -0.1) is 13.2 Å². The van der Waals surface area contributed by atoms with Crippen molar-refractivity contribution < 1.29 is 50.9 Å². The number of ether oxygens (including phenoxy) is 2. The molecule has 2 amide bonds. The van der Waals surface area contributed by atoms with E-state index in [1.54, 1.807) is 27.7 Å². The van der Waals surface area contributed by atoms with Crippen LogP contribution >= 0.6 is 0 Å². The molecule has 48 heavy (non-hydrogen) atoms. The van der Waals surface area contributed by atoms with Gasteiger partial charge in [-0.25, -0.2) is 14.8 Å². The van der Waals surface area contributed by atoms with Crippen LogP contribution in [0, 0.1) is 22.7 Å². The van der Waals surface area contributed by atoms with Gasteiger partial charge in [-0.1, -0.05) is 48.0 Å². The highest BCUT2D eigenvalue weighted by Crippen LogP contribution is 2.54. The maximum Gasteiger partial charge on any atom is 0.573 e. The molecule has 0 bridgehead atoms. The first kappa shape index (κ1) is 37.0. The number of fused-ring (bicyclic) bond motifs is 1. The van der Waals surface area contributed by atoms with E-state index in [1.165, 1.54) is 11.8 Å². The second-order valence-electron chi connectivity index (χ2n) is 14.7. The lowest BCUT2D eigenvalue weighted by Gasteiger charge is -2.34. The second kappa shape index (κ2) is 13.3. The van der Waals surface area contributed by atoms with Crippen LogP contribution in [0.4, 0.5) is 26.7 Å². The van der Waals surface area contributed by atoms with Crippen molar-refractivity contribution in [1.29, 1.82) is 0 Å². The Balaban J connectivity index is 1.68. The van der Waals surface area contributed by atoms with E-state index >= 15 is 8.78 Å². The van der Waals surface area contributed by atoms with Gasteiger partial charge >= 0.3 is 12.5 Å². The Morgan fingerprint density at radius 2 is 1.73 bits per heavy atom. The van der Waals surface area contributed by atoms with Crippen molar-refractivity contribution in [2.24, 2.45) is 22.7 Å². The number of ketones is 1. The summed E-state index contributed by atoms with van der Waals surface area (Å²) < 4.78 is 80.7. The minimum atomic E-state index is -5.01. The maximum atomic E-state index is 15.9. The Kier molecular flexibility index (Phi) is 10.2. The average molecular weight is 687 g/mol. The van der Waals surface area contributed by atoms with Crippen molar-refractivity contribution in [3.8, 4) is 11.6 Å². The lowest BCUT2D eigenvalue weighted by atomic mass is 9.85. The molecule has 2 N–H and O–H groups in total. The Bertz CT molecular complexity index is 1540. The zero-order chi connectivity index (χ0) is 36.0. The van der Waals surface area contributed by atoms with Crippen molar-refractivity contribution in [3.63, 3.8) is 0 Å². The van der Waals surface area contributed by atoms with Gasteiger partial charge in [0.15, 0.2) is 11.5 Å². The number of carbonyl (C=O) groups is 3. The molecule has 1 aromatic carbocycles. The van der Waals surface area contributed by atoms with Gasteiger partial charge < -0.3 is 24.8 Å². The molecule has 1 aliphatic heterocycles. The predicted octanol–water partition coefficient (Wildman–Crippen LogP) is 7.09. The minimum Gasteiger partial charge on any atom is -0.471 e. The van der Waals surface area contributed by atoms with E-state index in [2.05, 4.69) is 33.9 Å². The molecule has 2 heterocycles. The van der Waals surface area contributed by atoms with Crippen molar-refractivity contribution in [1.82, 2.24) is 20.2 Å². The van der Waals surface area contributed by atoms with Crippen LogP contribution in [0.5, 0.6) is 11.6 Å². The summed E-state index contributed by atoms with van der Waals surface area (Å²) in [6.45, 7) is 11.7. The molecule has 0 spiro atoms. The topological polar surface area (TPSA) is 131 Å². The lowest BCUT2D eigenvalue weighted by Crippen LogP contribution is -2.56. The van der Waals surface area contributed by atoms with E-state index < -0.39 is 83.3 Å². The number of carboxylic acid groups (broad SMARTS) is 1. The first-order valence-corrected chi connectivity index (χ1v) is 15.9. The molecule has 4 rings (SSSR count). The van der Waals surface area contributed by atoms with Gasteiger partial charge in [0.2, 0.25) is 11.8 Å². The number of nitrogens with one attached hydrogen (secondary N) is 1. The molecule has 266 valence electrons. The molecule has 5 atom stereocenters. The fourth-order valence-corrected chi connectivity index (χ4v) is 6.46. The molecule has 10 nitrogen and oxygen atoms in total. The molecule has 0 radical (unpaired) electrons. The SMILES string of the molecule is CC(=O)[C@@H]1[C@H](C)[C@@H](Oc2nc3cc(OC(F)(F)F)ccc3nc2C(F)(F)CCCC[C@@H]2CC2(C)C)CN1C(=O)[C@@H](NC(=O)O)C(C)(C)C. The standard InChI is InChI=1S/C33H43F5N4O6/c1-17-23(16-42(24(17)18(2)43)28(44)26(30(3,4)5)41-29(45)46)47-27-25(32(34,35)13-9-8-10-19-15-31(19,6)7)39-21-12-11-20(14-22(21)40-27)48-33(36,37)38/h11-12,14,17,19,23-24,26,41H,8-10,13,15-16H2,1-7H3,(H,45,46)/t17-,19-,23+,24+,26-/m1/s1. The summed E-state index contributed by atoms with van der Waals surface area (Å²) in [5.41, 5.74) is -1.82. The highest BCUT2D eigenvalue weighted by atomic mass is 19.4. The Morgan fingerprint density at radius 3 is 2.27 bits per heavy atom. The number of aromatic nitrogens is 2. The smallest absolute Gasteiger partial charge is 0.471 e. The number of rotatable bonds is 12. The van der Waals surface area contributed by atoms with Gasteiger partial charge in [0.1, 0.15) is 17.9 Å². The van der Waals surface area contributed by atoms with Crippen LogP contribution < -0.4 is 14.8 Å². The summed E-state index contributed by atoms with van der Waals surface area (Å²) in [4.78, 5) is 47.5. The number of unbranched alkanes of at least 4 members (excludes halogenated alkanes) is 1. The largest absolute Gasteiger partial charge is 0.573 e. The number of hydrogen-bond acceptors (Lipinski definition) is 7. The number of halogens is 5. The fourth-order valence-electron chi connectivity index (χ4n) is 6.46. The number of likely N-dealkylation sites (tertiary alicyclic amines) is 1. The van der Waals surface area contributed by atoms with E-state index in [4.69, 9.17) is 4.74 Å². The van der Waals surface area contributed by atoms with E-state index in [0.29, 0.717) is 12.3 Å². The third-order valence-corrected chi connectivity index (χ3v) is 9.33. The van der Waals surface area contributed by atoms with Crippen molar-refractivity contribution >= 4 is 28.8 Å². The van der Waals surface area contributed by atoms with E-state index in [0.717, 1.165) is 31.0 Å². The Hall–Kier alpha value is -3.78. The van der Waals surface area contributed by atoms with Crippen LogP contribution in [-0.2, 0) is 15.5 Å². The average Bonchev–Trinajstić information content (AvgIpc) is 3.41. The molecule has 1 aliphatic carbocycles. The molecule has 2 aliphatic rings. The summed E-state index contributed by atoms with van der Waals surface area (Å²) >= 11 is 0. The molecular formula is C33H43F5N4O6. The molecule has 0 unspecified atom stereocenters. The van der Waals surface area contributed by atoms with Crippen molar-refractivity contribution in [2.75, 3.05) is 6.54 Å². The number of nitrogens with zero attached hydrogens (tertiary/aromatic N) is 3. The zero-order valence-corrected chi connectivity index (χ0v) is 28.1. The van der Waals surface area contributed by atoms with Gasteiger partial charge in [0.05, 0.1) is 23.6 Å². The first-order valence-electron chi connectivity index (χ1n) is 15.9. The Morgan fingerprint density at radius 1 is 1.08 bits per heavy atom. The van der Waals surface area contributed by atoms with Crippen LogP contribution in [0.1, 0.15) is 86.3 Å². The van der Waals surface area contributed by atoms with E-state index in [9.17, 15) is 32.7 Å². The third kappa shape index (κ3) is 8.62. The van der Waals surface area contributed by atoms with Crippen LogP contribution in [0.15, 0.2) is 18.2 Å². The van der Waals surface area contributed by atoms with E-state index in [1.807, 2.05) is 0 Å². The lowest BCUT2D eigenvalue weighted by molar-refractivity contribution is -0.274. The summed E-state index contributed by atoms with van der Waals surface area (Å²) in [7, 11) is 0. The molecule has 1 aromatic heterocycles. The Labute approximate surface area is 275 Å². The van der Waals surface area contributed by atoms with Crippen molar-refractivity contribution in [2.45, 2.75) is 111 Å². The highest BCUT2D eigenvalue weighted by Gasteiger charge is 2.50. The van der Waals surface area contributed by atoms with Gasteiger partial charge in [-0.3, -0.25) is 9.59 Å². The number of alkyl halides is 5. The maximum absolute atomic E-state index is 15.9.